The summed E-state index contributed by atoms with van der Waals surface area (Å²) in [5.74, 6) is 1.33. The van der Waals surface area contributed by atoms with Crippen molar-refractivity contribution < 1.29 is 4.79 Å². The number of imidazole rings is 1. The Morgan fingerprint density at radius 3 is 2.73 bits per heavy atom. The van der Waals surface area contributed by atoms with Gasteiger partial charge in [0.15, 0.2) is 0 Å². The number of amides is 2. The zero-order chi connectivity index (χ0) is 18.5. The number of anilines is 1. The Labute approximate surface area is 159 Å². The third-order valence-corrected chi connectivity index (χ3v) is 4.98. The van der Waals surface area contributed by atoms with E-state index in [0.717, 1.165) is 31.1 Å². The summed E-state index contributed by atoms with van der Waals surface area (Å²) in [7, 11) is 0. The van der Waals surface area contributed by atoms with Gasteiger partial charge < -0.3 is 19.7 Å². The van der Waals surface area contributed by atoms with Crippen LogP contribution in [0.1, 0.15) is 12.7 Å². The summed E-state index contributed by atoms with van der Waals surface area (Å²) in [5, 5.41) is 3.70. The van der Waals surface area contributed by atoms with Gasteiger partial charge in [-0.25, -0.2) is 9.78 Å². The average Bonchev–Trinajstić information content (AvgIpc) is 3.05. The van der Waals surface area contributed by atoms with Crippen molar-refractivity contribution in [3.8, 4) is 0 Å². The third kappa shape index (κ3) is 4.46. The zero-order valence-electron chi connectivity index (χ0n) is 15.2. The molecule has 2 aromatic heterocycles. The molecule has 2 aromatic rings. The van der Waals surface area contributed by atoms with Gasteiger partial charge >= 0.3 is 6.03 Å². The van der Waals surface area contributed by atoms with Crippen LogP contribution in [-0.4, -0.2) is 58.2 Å². The molecule has 1 fully saturated rings. The summed E-state index contributed by atoms with van der Waals surface area (Å²) in [6.45, 7) is 8.50. The highest BCUT2D eigenvalue weighted by atomic mass is 35.5. The maximum Gasteiger partial charge on any atom is 0.317 e. The van der Waals surface area contributed by atoms with Gasteiger partial charge in [0.25, 0.3) is 0 Å². The number of carbonyl (C=O) groups is 1. The van der Waals surface area contributed by atoms with Crippen molar-refractivity contribution in [1.29, 1.82) is 0 Å². The summed E-state index contributed by atoms with van der Waals surface area (Å²) in [6.07, 6.45) is 7.16. The van der Waals surface area contributed by atoms with Crippen LogP contribution in [0, 0.1) is 12.8 Å². The van der Waals surface area contributed by atoms with E-state index in [1.165, 1.54) is 0 Å². The second kappa shape index (κ2) is 8.40. The smallest absolute Gasteiger partial charge is 0.317 e. The van der Waals surface area contributed by atoms with Gasteiger partial charge in [0.1, 0.15) is 5.82 Å². The van der Waals surface area contributed by atoms with Crippen LogP contribution in [0.3, 0.4) is 0 Å². The van der Waals surface area contributed by atoms with Crippen molar-refractivity contribution in [2.45, 2.75) is 20.4 Å². The highest BCUT2D eigenvalue weighted by molar-refractivity contribution is 6.33. The van der Waals surface area contributed by atoms with Crippen LogP contribution >= 0.6 is 11.6 Å². The topological polar surface area (TPSA) is 66.3 Å². The Kier molecular flexibility index (Phi) is 5.98. The molecule has 8 heteroatoms. The molecule has 1 unspecified atom stereocenters. The molecule has 1 N–H and O–H groups in total. The number of hydrogen-bond acceptors (Lipinski definition) is 4. The van der Waals surface area contributed by atoms with Crippen molar-refractivity contribution >= 4 is 23.3 Å². The molecule has 1 aliphatic rings. The van der Waals surface area contributed by atoms with Crippen LogP contribution in [0.5, 0.6) is 0 Å². The number of urea groups is 1. The number of halogens is 1. The van der Waals surface area contributed by atoms with Crippen LogP contribution in [0.15, 0.2) is 30.9 Å². The minimum Gasteiger partial charge on any atom is -0.367 e. The highest BCUT2D eigenvalue weighted by Crippen LogP contribution is 2.25. The van der Waals surface area contributed by atoms with E-state index in [-0.39, 0.29) is 6.03 Å². The number of pyridine rings is 1. The summed E-state index contributed by atoms with van der Waals surface area (Å²) in [6, 6.07) is 1.91. The van der Waals surface area contributed by atoms with Gasteiger partial charge in [0, 0.05) is 64.1 Å². The Morgan fingerprint density at radius 2 is 2.08 bits per heavy atom. The van der Waals surface area contributed by atoms with E-state index in [0.29, 0.717) is 30.6 Å². The van der Waals surface area contributed by atoms with E-state index in [1.807, 2.05) is 24.1 Å². The number of nitrogens with one attached hydrogen (secondary N) is 1. The van der Waals surface area contributed by atoms with Crippen molar-refractivity contribution in [3.05, 3.63) is 41.7 Å². The Balaban J connectivity index is 1.44. The highest BCUT2D eigenvalue weighted by Gasteiger charge is 2.22. The average molecular weight is 377 g/mol. The van der Waals surface area contributed by atoms with Crippen LogP contribution < -0.4 is 10.2 Å². The molecule has 0 aliphatic carbocycles. The van der Waals surface area contributed by atoms with E-state index in [9.17, 15) is 4.79 Å². The van der Waals surface area contributed by atoms with Crippen LogP contribution in [0.2, 0.25) is 5.02 Å². The van der Waals surface area contributed by atoms with E-state index in [1.54, 1.807) is 18.6 Å². The molecule has 1 atom stereocenters. The number of nitrogens with zero attached hydrogens (tertiary/aromatic N) is 5. The van der Waals surface area contributed by atoms with Gasteiger partial charge in [0.05, 0.1) is 10.7 Å². The lowest BCUT2D eigenvalue weighted by Crippen LogP contribution is -2.52. The predicted octanol–water partition coefficient (Wildman–Crippen LogP) is 2.41. The van der Waals surface area contributed by atoms with Gasteiger partial charge in [-0.2, -0.15) is 0 Å². The van der Waals surface area contributed by atoms with Crippen LogP contribution in [0.4, 0.5) is 10.5 Å². The molecule has 7 nitrogen and oxygen atoms in total. The minimum atomic E-state index is -0.000298. The van der Waals surface area contributed by atoms with Crippen LogP contribution in [0.25, 0.3) is 0 Å². The first-order chi connectivity index (χ1) is 12.5. The van der Waals surface area contributed by atoms with E-state index in [4.69, 9.17) is 11.6 Å². The Hall–Kier alpha value is -2.28. The van der Waals surface area contributed by atoms with Gasteiger partial charge in [-0.05, 0) is 18.9 Å². The molecule has 3 heterocycles. The standard InChI is InChI=1S/C18H25ClN6O/c1-14(13-25-6-5-21-15(25)2)11-22-18(26)24-9-7-23(8-10-24)17-3-4-20-12-16(17)19/h3-6,12,14H,7-11,13H2,1-2H3,(H,22,26). The van der Waals surface area contributed by atoms with Gasteiger partial charge in [0.2, 0.25) is 0 Å². The SMILES string of the molecule is Cc1nccn1CC(C)CNC(=O)N1CCN(c2ccncc2Cl)CC1. The predicted molar refractivity (Wildman–Crippen MR) is 103 cm³/mol. The fourth-order valence-electron chi connectivity index (χ4n) is 3.15. The Bertz CT molecular complexity index is 741. The molecule has 26 heavy (non-hydrogen) atoms. The van der Waals surface area contributed by atoms with Gasteiger partial charge in [-0.3, -0.25) is 4.98 Å². The quantitative estimate of drug-likeness (QED) is 0.870. The number of piperazine rings is 1. The molecular formula is C18H25ClN6O. The molecule has 0 saturated carbocycles. The fourth-order valence-corrected chi connectivity index (χ4v) is 3.38. The zero-order valence-corrected chi connectivity index (χ0v) is 16.0. The number of rotatable bonds is 5. The summed E-state index contributed by atoms with van der Waals surface area (Å²) in [4.78, 5) is 24.7. The lowest BCUT2D eigenvalue weighted by atomic mass is 10.2. The van der Waals surface area contributed by atoms with E-state index < -0.39 is 0 Å². The number of aryl methyl sites for hydroxylation is 1. The molecule has 0 aromatic carbocycles. The Morgan fingerprint density at radius 1 is 1.31 bits per heavy atom. The molecule has 0 bridgehead atoms. The molecule has 3 rings (SSSR count). The second-order valence-electron chi connectivity index (χ2n) is 6.72. The van der Waals surface area contributed by atoms with Crippen molar-refractivity contribution in [2.24, 2.45) is 5.92 Å². The van der Waals surface area contributed by atoms with E-state index in [2.05, 4.69) is 31.7 Å². The first-order valence-corrected chi connectivity index (χ1v) is 9.27. The largest absolute Gasteiger partial charge is 0.367 e. The van der Waals surface area contributed by atoms with Crippen molar-refractivity contribution in [1.82, 2.24) is 24.8 Å². The maximum atomic E-state index is 12.4. The van der Waals surface area contributed by atoms with E-state index >= 15 is 0 Å². The minimum absolute atomic E-state index is 0.000298. The first kappa shape index (κ1) is 18.5. The van der Waals surface area contributed by atoms with Gasteiger partial charge in [-0.1, -0.05) is 18.5 Å². The molecular weight excluding hydrogens is 352 g/mol. The molecule has 1 aliphatic heterocycles. The third-order valence-electron chi connectivity index (χ3n) is 4.69. The second-order valence-corrected chi connectivity index (χ2v) is 7.13. The van der Waals surface area contributed by atoms with Crippen molar-refractivity contribution in [3.63, 3.8) is 0 Å². The lowest BCUT2D eigenvalue weighted by Gasteiger charge is -2.36. The van der Waals surface area contributed by atoms with Crippen molar-refractivity contribution in [2.75, 3.05) is 37.6 Å². The monoisotopic (exact) mass is 376 g/mol. The normalized spacial score (nSPS) is 15.8. The number of aromatic nitrogens is 3. The summed E-state index contributed by atoms with van der Waals surface area (Å²) < 4.78 is 2.11. The number of carbonyl (C=O) groups excluding carboxylic acids is 1. The molecule has 1 saturated heterocycles. The molecule has 0 spiro atoms. The molecule has 2 amide bonds. The first-order valence-electron chi connectivity index (χ1n) is 8.89. The molecule has 140 valence electrons. The summed E-state index contributed by atoms with van der Waals surface area (Å²) in [5.41, 5.74) is 0.978. The fraction of sp³-hybridized carbons (Fsp3) is 0.500. The van der Waals surface area contributed by atoms with Gasteiger partial charge in [-0.15, -0.1) is 0 Å². The summed E-state index contributed by atoms with van der Waals surface area (Å²) >= 11 is 6.21. The molecule has 0 radical (unpaired) electrons. The van der Waals surface area contributed by atoms with Crippen LogP contribution in [-0.2, 0) is 6.54 Å². The lowest BCUT2D eigenvalue weighted by molar-refractivity contribution is 0.192. The number of hydrogen-bond donors (Lipinski definition) is 1. The maximum absolute atomic E-state index is 12.4.